The van der Waals surface area contributed by atoms with Gasteiger partial charge in [-0.25, -0.2) is 21.9 Å². The normalized spacial score (nSPS) is 19.4. The van der Waals surface area contributed by atoms with Crippen LogP contribution in [0.3, 0.4) is 0 Å². The Hall–Kier alpha value is -1.97. The van der Waals surface area contributed by atoms with Gasteiger partial charge in [-0.15, -0.1) is 0 Å². The van der Waals surface area contributed by atoms with Gasteiger partial charge in [0.25, 0.3) is 0 Å². The summed E-state index contributed by atoms with van der Waals surface area (Å²) in [5.41, 5.74) is 0.969. The zero-order chi connectivity index (χ0) is 21.7. The number of hydrogen-bond acceptors (Lipinski definition) is 4. The third kappa shape index (κ3) is 5.59. The number of aromatic nitrogens is 1. The van der Waals surface area contributed by atoms with E-state index in [1.54, 1.807) is 12.4 Å². The molecule has 1 aliphatic carbocycles. The van der Waals surface area contributed by atoms with Gasteiger partial charge in [0.15, 0.2) is 11.6 Å². The summed E-state index contributed by atoms with van der Waals surface area (Å²) in [5.74, 6) is -1.53. The monoisotopic (exact) mass is 453 g/mol. The number of anilines is 1. The first-order valence-electron chi connectivity index (χ1n) is 9.90. The van der Waals surface area contributed by atoms with Gasteiger partial charge in [-0.05, 0) is 68.4 Å². The highest BCUT2D eigenvalue weighted by Gasteiger charge is 2.26. The molecule has 9 heteroatoms. The average Bonchev–Trinajstić information content (AvgIpc) is 2.75. The van der Waals surface area contributed by atoms with E-state index in [0.29, 0.717) is 24.3 Å². The number of nitrogens with one attached hydrogen (secondary N) is 1. The SMILES string of the molecule is CN(C(=S)C1CCC(CCNS(=O)(=O)c2ccc(F)c(F)c2)CC1)c1cccnc1. The molecular formula is C21H25F2N3O2S2. The van der Waals surface area contributed by atoms with Gasteiger partial charge in [0.05, 0.1) is 21.8 Å². The van der Waals surface area contributed by atoms with Crippen molar-refractivity contribution in [1.82, 2.24) is 9.71 Å². The van der Waals surface area contributed by atoms with E-state index in [2.05, 4.69) is 9.71 Å². The first-order valence-corrected chi connectivity index (χ1v) is 11.8. The number of rotatable bonds is 7. The predicted molar refractivity (Wildman–Crippen MR) is 117 cm³/mol. The smallest absolute Gasteiger partial charge is 0.240 e. The van der Waals surface area contributed by atoms with Crippen LogP contribution in [0.1, 0.15) is 32.1 Å². The van der Waals surface area contributed by atoms with Crippen LogP contribution in [0.25, 0.3) is 0 Å². The van der Waals surface area contributed by atoms with Crippen LogP contribution >= 0.6 is 12.2 Å². The molecule has 1 N–H and O–H groups in total. The van der Waals surface area contributed by atoms with Gasteiger partial charge in [-0.3, -0.25) is 4.98 Å². The van der Waals surface area contributed by atoms with E-state index in [-0.39, 0.29) is 11.4 Å². The molecule has 0 unspecified atom stereocenters. The maximum Gasteiger partial charge on any atom is 0.240 e. The van der Waals surface area contributed by atoms with E-state index in [1.165, 1.54) is 0 Å². The Morgan fingerprint density at radius 3 is 2.57 bits per heavy atom. The highest BCUT2D eigenvalue weighted by Crippen LogP contribution is 2.33. The molecule has 5 nitrogen and oxygen atoms in total. The van der Waals surface area contributed by atoms with Crippen molar-refractivity contribution in [2.75, 3.05) is 18.5 Å². The molecule has 2 aromatic rings. The van der Waals surface area contributed by atoms with Gasteiger partial charge in [-0.1, -0.05) is 12.2 Å². The molecule has 1 saturated carbocycles. The van der Waals surface area contributed by atoms with Crippen molar-refractivity contribution in [3.05, 3.63) is 54.4 Å². The van der Waals surface area contributed by atoms with Crippen molar-refractivity contribution in [3.8, 4) is 0 Å². The fraction of sp³-hybridized carbons (Fsp3) is 0.429. The Balaban J connectivity index is 1.46. The lowest BCUT2D eigenvalue weighted by molar-refractivity contribution is 0.308. The second-order valence-electron chi connectivity index (χ2n) is 7.59. The largest absolute Gasteiger partial charge is 0.338 e. The molecule has 0 radical (unpaired) electrons. The summed E-state index contributed by atoms with van der Waals surface area (Å²) >= 11 is 5.68. The quantitative estimate of drug-likeness (QED) is 0.634. The molecule has 0 atom stereocenters. The molecule has 1 aromatic carbocycles. The molecule has 0 aliphatic heterocycles. The summed E-state index contributed by atoms with van der Waals surface area (Å²) in [6.07, 6.45) is 8.08. The molecule has 1 aromatic heterocycles. The van der Waals surface area contributed by atoms with Crippen LogP contribution in [0.2, 0.25) is 0 Å². The number of pyridine rings is 1. The lowest BCUT2D eigenvalue weighted by atomic mass is 9.80. The van der Waals surface area contributed by atoms with Gasteiger partial charge in [0, 0.05) is 25.7 Å². The van der Waals surface area contributed by atoms with E-state index in [9.17, 15) is 17.2 Å². The van der Waals surface area contributed by atoms with Crippen LogP contribution in [0.5, 0.6) is 0 Å². The van der Waals surface area contributed by atoms with Gasteiger partial charge < -0.3 is 4.90 Å². The van der Waals surface area contributed by atoms with E-state index in [1.807, 2.05) is 24.1 Å². The summed E-state index contributed by atoms with van der Waals surface area (Å²) < 4.78 is 53.3. The van der Waals surface area contributed by atoms with Gasteiger partial charge >= 0.3 is 0 Å². The van der Waals surface area contributed by atoms with Crippen LogP contribution in [-0.2, 0) is 10.0 Å². The van der Waals surface area contributed by atoms with Gasteiger partial charge in [-0.2, -0.15) is 0 Å². The Labute approximate surface area is 181 Å². The van der Waals surface area contributed by atoms with Crippen LogP contribution in [0.4, 0.5) is 14.5 Å². The summed E-state index contributed by atoms with van der Waals surface area (Å²) in [6.45, 7) is 0.261. The highest BCUT2D eigenvalue weighted by molar-refractivity contribution is 7.89. The predicted octanol–water partition coefficient (Wildman–Crippen LogP) is 4.30. The van der Waals surface area contributed by atoms with Crippen LogP contribution in [0, 0.1) is 23.5 Å². The first kappa shape index (κ1) is 22.7. The Morgan fingerprint density at radius 1 is 1.20 bits per heavy atom. The van der Waals surface area contributed by atoms with E-state index in [0.717, 1.165) is 48.5 Å². The summed E-state index contributed by atoms with van der Waals surface area (Å²) in [5, 5.41) is 0. The zero-order valence-corrected chi connectivity index (χ0v) is 18.4. The van der Waals surface area contributed by atoms with Crippen molar-refractivity contribution in [2.24, 2.45) is 11.8 Å². The van der Waals surface area contributed by atoms with Crippen molar-refractivity contribution in [2.45, 2.75) is 37.0 Å². The molecule has 0 saturated heterocycles. The number of hydrogen-bond donors (Lipinski definition) is 1. The lowest BCUT2D eigenvalue weighted by Crippen LogP contribution is -2.34. The molecule has 1 heterocycles. The zero-order valence-electron chi connectivity index (χ0n) is 16.7. The number of sulfonamides is 1. The summed E-state index contributed by atoms with van der Waals surface area (Å²) in [7, 11) is -1.90. The second kappa shape index (κ2) is 9.89. The summed E-state index contributed by atoms with van der Waals surface area (Å²) in [4.78, 5) is 6.77. The topological polar surface area (TPSA) is 62.3 Å². The van der Waals surface area contributed by atoms with Crippen LogP contribution < -0.4 is 9.62 Å². The van der Waals surface area contributed by atoms with Gasteiger partial charge in [0.2, 0.25) is 10.0 Å². The molecule has 1 aliphatic rings. The number of nitrogens with zero attached hydrogens (tertiary/aromatic N) is 2. The maximum absolute atomic E-state index is 13.3. The Bertz CT molecular complexity index is 979. The van der Waals surface area contributed by atoms with Crippen LogP contribution in [0.15, 0.2) is 47.6 Å². The van der Waals surface area contributed by atoms with E-state index in [4.69, 9.17) is 12.2 Å². The Morgan fingerprint density at radius 2 is 1.93 bits per heavy atom. The molecule has 1 fully saturated rings. The molecule has 0 amide bonds. The Kier molecular flexibility index (Phi) is 7.49. The van der Waals surface area contributed by atoms with E-state index >= 15 is 0 Å². The lowest BCUT2D eigenvalue weighted by Gasteiger charge is -2.32. The number of halogens is 2. The van der Waals surface area contributed by atoms with Crippen molar-refractivity contribution in [3.63, 3.8) is 0 Å². The molecule has 30 heavy (non-hydrogen) atoms. The van der Waals surface area contributed by atoms with Crippen molar-refractivity contribution < 1.29 is 17.2 Å². The minimum absolute atomic E-state index is 0.261. The fourth-order valence-electron chi connectivity index (χ4n) is 3.78. The van der Waals surface area contributed by atoms with E-state index < -0.39 is 21.7 Å². The maximum atomic E-state index is 13.3. The minimum atomic E-state index is -3.86. The molecule has 3 rings (SSSR count). The van der Waals surface area contributed by atoms with Crippen LogP contribution in [-0.4, -0.2) is 32.0 Å². The molecule has 0 bridgehead atoms. The van der Waals surface area contributed by atoms with Crippen molar-refractivity contribution in [1.29, 1.82) is 0 Å². The molecular weight excluding hydrogens is 428 g/mol. The third-order valence-electron chi connectivity index (χ3n) is 5.61. The number of thiocarbonyl (C=S) groups is 1. The minimum Gasteiger partial charge on any atom is -0.338 e. The van der Waals surface area contributed by atoms with Gasteiger partial charge in [0.1, 0.15) is 0 Å². The third-order valence-corrected chi connectivity index (χ3v) is 7.67. The first-order chi connectivity index (χ1) is 14.3. The molecule has 0 spiro atoms. The standard InChI is InChI=1S/C21H25F2N3O2S2/c1-26(17-3-2-11-24-14-17)21(29)16-6-4-15(5-7-16)10-12-25-30(27,28)18-8-9-19(22)20(23)13-18/h2-3,8-9,11,13-16,25H,4-7,10,12H2,1H3. The molecule has 162 valence electrons. The summed E-state index contributed by atoms with van der Waals surface area (Å²) in [6, 6.07) is 6.43. The number of benzene rings is 1. The fourth-order valence-corrected chi connectivity index (χ4v) is 5.18. The highest BCUT2D eigenvalue weighted by atomic mass is 32.2. The second-order valence-corrected chi connectivity index (χ2v) is 9.77. The van der Waals surface area contributed by atoms with Crippen molar-refractivity contribution >= 4 is 32.9 Å². The average molecular weight is 454 g/mol.